The normalized spacial score (nSPS) is 28.2. The van der Waals surface area contributed by atoms with E-state index < -0.39 is 19.0 Å². The van der Waals surface area contributed by atoms with Crippen LogP contribution in [0.1, 0.15) is 39.5 Å². The van der Waals surface area contributed by atoms with Gasteiger partial charge in [-0.1, -0.05) is 0 Å². The third-order valence-electron chi connectivity index (χ3n) is 4.15. The highest BCUT2D eigenvalue weighted by molar-refractivity contribution is 5.77. The Bertz CT molecular complexity index is 329. The maximum atomic E-state index is 12.2. The van der Waals surface area contributed by atoms with Crippen LogP contribution in [0.3, 0.4) is 0 Å². The number of halogens is 3. The summed E-state index contributed by atoms with van der Waals surface area (Å²) in [5.41, 5.74) is 0. The first-order chi connectivity index (χ1) is 8.78. The minimum absolute atomic E-state index is 0.113. The Kier molecular flexibility index (Phi) is 4.08. The molecule has 0 aliphatic carbocycles. The molecule has 2 aliphatic heterocycles. The number of hydrogen-bond donors (Lipinski definition) is 0. The molecule has 0 aromatic carbocycles. The lowest BCUT2D eigenvalue weighted by molar-refractivity contribution is -0.152. The van der Waals surface area contributed by atoms with Crippen molar-refractivity contribution in [3.8, 4) is 0 Å². The van der Waals surface area contributed by atoms with E-state index in [9.17, 15) is 18.0 Å². The molecule has 2 fully saturated rings. The first-order valence-corrected chi connectivity index (χ1v) is 6.90. The van der Waals surface area contributed by atoms with Crippen LogP contribution in [-0.4, -0.2) is 53.1 Å². The van der Waals surface area contributed by atoms with Crippen molar-refractivity contribution in [2.45, 2.75) is 63.8 Å². The summed E-state index contributed by atoms with van der Waals surface area (Å²) in [6.45, 7) is 5.82. The van der Waals surface area contributed by atoms with Gasteiger partial charge in [0.05, 0.1) is 6.42 Å². The molecule has 2 saturated heterocycles. The summed E-state index contributed by atoms with van der Waals surface area (Å²) in [6.07, 6.45) is -3.81. The number of rotatable bonds is 3. The molecule has 1 amide bonds. The number of fused-ring (bicyclic) bond motifs is 2. The van der Waals surface area contributed by atoms with E-state index in [1.807, 2.05) is 0 Å². The van der Waals surface area contributed by atoms with Crippen LogP contribution in [0.25, 0.3) is 0 Å². The first-order valence-electron chi connectivity index (χ1n) is 6.90. The Labute approximate surface area is 111 Å². The maximum Gasteiger partial charge on any atom is 0.389 e. The van der Waals surface area contributed by atoms with Gasteiger partial charge in [0.1, 0.15) is 0 Å². The van der Waals surface area contributed by atoms with Crippen LogP contribution in [0.15, 0.2) is 0 Å². The first kappa shape index (κ1) is 14.6. The average Bonchev–Trinajstić information content (AvgIpc) is 2.55. The van der Waals surface area contributed by atoms with E-state index in [1.54, 1.807) is 4.90 Å². The summed E-state index contributed by atoms with van der Waals surface area (Å²) in [4.78, 5) is 16.0. The number of nitrogens with zero attached hydrogens (tertiary/aromatic N) is 2. The quantitative estimate of drug-likeness (QED) is 0.791. The Hall–Kier alpha value is -0.780. The van der Waals surface area contributed by atoms with Crippen LogP contribution in [0.4, 0.5) is 13.2 Å². The topological polar surface area (TPSA) is 23.6 Å². The minimum Gasteiger partial charge on any atom is -0.334 e. The molecule has 0 N–H and O–H groups in total. The van der Waals surface area contributed by atoms with Crippen molar-refractivity contribution in [3.05, 3.63) is 0 Å². The van der Waals surface area contributed by atoms with Crippen molar-refractivity contribution < 1.29 is 18.0 Å². The number of likely N-dealkylation sites (tertiary alicyclic amines) is 1. The molecule has 0 aromatic rings. The van der Waals surface area contributed by atoms with Gasteiger partial charge in [-0.2, -0.15) is 13.2 Å². The molecule has 2 aliphatic rings. The lowest BCUT2D eigenvalue weighted by Crippen LogP contribution is -2.57. The van der Waals surface area contributed by atoms with E-state index in [4.69, 9.17) is 0 Å². The van der Waals surface area contributed by atoms with Gasteiger partial charge in [0, 0.05) is 37.6 Å². The SMILES string of the molecule is CC(C)N1CC2CCC(C1)N2C(=O)CCC(F)(F)F. The number of amides is 1. The number of carbonyl (C=O) groups excluding carboxylic acids is 1. The Morgan fingerprint density at radius 1 is 1.21 bits per heavy atom. The van der Waals surface area contributed by atoms with Crippen LogP contribution in [0, 0.1) is 0 Å². The molecule has 2 bridgehead atoms. The second-order valence-electron chi connectivity index (χ2n) is 5.85. The molecule has 0 saturated carbocycles. The van der Waals surface area contributed by atoms with E-state index in [-0.39, 0.29) is 18.0 Å². The van der Waals surface area contributed by atoms with Gasteiger partial charge >= 0.3 is 6.18 Å². The number of alkyl halides is 3. The van der Waals surface area contributed by atoms with Gasteiger partial charge in [-0.3, -0.25) is 9.69 Å². The van der Waals surface area contributed by atoms with Gasteiger partial charge < -0.3 is 4.90 Å². The number of piperazine rings is 1. The van der Waals surface area contributed by atoms with Crippen LogP contribution in [0.2, 0.25) is 0 Å². The maximum absolute atomic E-state index is 12.2. The standard InChI is InChI=1S/C13H21F3N2O/c1-9(2)17-7-10-3-4-11(8-17)18(10)12(19)5-6-13(14,15)16/h9-11H,3-8H2,1-2H3. The minimum atomic E-state index is -4.24. The van der Waals surface area contributed by atoms with Crippen molar-refractivity contribution in [1.82, 2.24) is 9.80 Å². The highest BCUT2D eigenvalue weighted by Crippen LogP contribution is 2.32. The molecule has 0 radical (unpaired) electrons. The third kappa shape index (κ3) is 3.41. The summed E-state index contributed by atoms with van der Waals surface area (Å²) in [5.74, 6) is -0.326. The molecular weight excluding hydrogens is 257 g/mol. The van der Waals surface area contributed by atoms with Crippen molar-refractivity contribution in [2.24, 2.45) is 0 Å². The Morgan fingerprint density at radius 2 is 1.74 bits per heavy atom. The molecule has 110 valence electrons. The van der Waals surface area contributed by atoms with E-state index in [2.05, 4.69) is 18.7 Å². The smallest absolute Gasteiger partial charge is 0.334 e. The summed E-state index contributed by atoms with van der Waals surface area (Å²) in [5, 5.41) is 0. The lowest BCUT2D eigenvalue weighted by Gasteiger charge is -2.43. The highest BCUT2D eigenvalue weighted by Gasteiger charge is 2.43. The second-order valence-corrected chi connectivity index (χ2v) is 5.85. The van der Waals surface area contributed by atoms with Crippen molar-refractivity contribution >= 4 is 5.91 Å². The van der Waals surface area contributed by atoms with Gasteiger partial charge in [0.15, 0.2) is 0 Å². The molecule has 0 spiro atoms. The van der Waals surface area contributed by atoms with E-state index in [0.717, 1.165) is 25.9 Å². The zero-order valence-electron chi connectivity index (χ0n) is 11.4. The fraction of sp³-hybridized carbons (Fsp3) is 0.923. The van der Waals surface area contributed by atoms with Crippen LogP contribution in [0.5, 0.6) is 0 Å². The largest absolute Gasteiger partial charge is 0.389 e. The van der Waals surface area contributed by atoms with Crippen LogP contribution in [-0.2, 0) is 4.79 Å². The van der Waals surface area contributed by atoms with Gasteiger partial charge in [0.2, 0.25) is 5.91 Å². The van der Waals surface area contributed by atoms with Crippen molar-refractivity contribution in [3.63, 3.8) is 0 Å². The summed E-state index contributed by atoms with van der Waals surface area (Å²) in [7, 11) is 0. The molecule has 2 rings (SSSR count). The van der Waals surface area contributed by atoms with E-state index in [0.29, 0.717) is 6.04 Å². The molecule has 2 atom stereocenters. The lowest BCUT2D eigenvalue weighted by atomic mass is 10.1. The summed E-state index contributed by atoms with van der Waals surface area (Å²) < 4.78 is 36.5. The predicted molar refractivity (Wildman–Crippen MR) is 65.7 cm³/mol. The highest BCUT2D eigenvalue weighted by atomic mass is 19.4. The monoisotopic (exact) mass is 278 g/mol. The molecule has 0 aromatic heterocycles. The molecule has 19 heavy (non-hydrogen) atoms. The van der Waals surface area contributed by atoms with Gasteiger partial charge in [0.25, 0.3) is 0 Å². The summed E-state index contributed by atoms with van der Waals surface area (Å²) in [6, 6.07) is 0.652. The Balaban J connectivity index is 1.94. The molecular formula is C13H21F3N2O. The van der Waals surface area contributed by atoms with E-state index >= 15 is 0 Å². The second kappa shape index (κ2) is 5.31. The van der Waals surface area contributed by atoms with Crippen molar-refractivity contribution in [2.75, 3.05) is 13.1 Å². The van der Waals surface area contributed by atoms with Crippen LogP contribution >= 0.6 is 0 Å². The molecule has 3 nitrogen and oxygen atoms in total. The van der Waals surface area contributed by atoms with Crippen LogP contribution < -0.4 is 0 Å². The summed E-state index contributed by atoms with van der Waals surface area (Å²) >= 11 is 0. The fourth-order valence-corrected chi connectivity index (χ4v) is 3.14. The van der Waals surface area contributed by atoms with E-state index in [1.165, 1.54) is 0 Å². The molecule has 6 heteroatoms. The van der Waals surface area contributed by atoms with Crippen molar-refractivity contribution in [1.29, 1.82) is 0 Å². The third-order valence-corrected chi connectivity index (χ3v) is 4.15. The van der Waals surface area contributed by atoms with Gasteiger partial charge in [-0.15, -0.1) is 0 Å². The fourth-order valence-electron chi connectivity index (χ4n) is 3.14. The number of carbonyl (C=O) groups is 1. The van der Waals surface area contributed by atoms with Gasteiger partial charge in [-0.05, 0) is 26.7 Å². The number of hydrogen-bond acceptors (Lipinski definition) is 2. The zero-order valence-corrected chi connectivity index (χ0v) is 11.4. The average molecular weight is 278 g/mol. The Morgan fingerprint density at radius 3 is 2.16 bits per heavy atom. The molecule has 2 unspecified atom stereocenters. The predicted octanol–water partition coefficient (Wildman–Crippen LogP) is 2.41. The molecule has 2 heterocycles. The zero-order chi connectivity index (χ0) is 14.2. The van der Waals surface area contributed by atoms with Gasteiger partial charge in [-0.25, -0.2) is 0 Å².